The molecule has 18 heavy (non-hydrogen) atoms. The van der Waals surface area contributed by atoms with E-state index in [-0.39, 0.29) is 11.9 Å². The summed E-state index contributed by atoms with van der Waals surface area (Å²) in [7, 11) is 1.67. The summed E-state index contributed by atoms with van der Waals surface area (Å²) >= 11 is 0. The van der Waals surface area contributed by atoms with E-state index in [1.54, 1.807) is 7.05 Å². The first-order chi connectivity index (χ1) is 8.49. The molecule has 0 fully saturated rings. The molecule has 0 bridgehead atoms. The number of aromatic nitrogens is 2. The number of nitrogen functional groups attached to an aromatic ring is 1. The molecule has 1 amide bonds. The van der Waals surface area contributed by atoms with Gasteiger partial charge < -0.3 is 15.5 Å². The molecule has 0 aliphatic rings. The van der Waals surface area contributed by atoms with E-state index in [0.29, 0.717) is 17.1 Å². The van der Waals surface area contributed by atoms with Crippen LogP contribution in [-0.2, 0) is 7.05 Å². The monoisotopic (exact) mass is 248 g/mol. The third kappa shape index (κ3) is 2.22. The maximum Gasteiger partial charge on any atom is 0.272 e. The second-order valence-electron chi connectivity index (χ2n) is 4.22. The van der Waals surface area contributed by atoms with E-state index in [1.807, 2.05) is 26.0 Å². The Labute approximate surface area is 105 Å². The van der Waals surface area contributed by atoms with Crippen molar-refractivity contribution in [1.82, 2.24) is 15.1 Å². The first kappa shape index (κ1) is 12.2. The number of aryl methyl sites for hydroxylation is 2. The largest absolute Gasteiger partial charge is 0.464 e. The molecule has 2 aromatic rings. The van der Waals surface area contributed by atoms with Gasteiger partial charge in [0.15, 0.2) is 0 Å². The number of carbonyl (C=O) groups excluding carboxylic acids is 1. The van der Waals surface area contributed by atoms with Gasteiger partial charge in [0.2, 0.25) is 0 Å². The van der Waals surface area contributed by atoms with Gasteiger partial charge in [-0.05, 0) is 26.0 Å². The van der Waals surface area contributed by atoms with Gasteiger partial charge in [0.25, 0.3) is 5.91 Å². The highest BCUT2D eigenvalue weighted by atomic mass is 16.3. The number of carbonyl (C=O) groups is 1. The standard InChI is InChI=1S/C12H16N4O2/c1-7-4-5-10(18-7)8(2)15-12(17)11-9(13)6-14-16(11)3/h4-6,8H,13H2,1-3H3,(H,15,17). The molecule has 2 aromatic heterocycles. The lowest BCUT2D eigenvalue weighted by Crippen LogP contribution is -2.28. The van der Waals surface area contributed by atoms with Crippen molar-refractivity contribution >= 4 is 11.6 Å². The molecule has 1 atom stereocenters. The summed E-state index contributed by atoms with van der Waals surface area (Å²) in [4.78, 5) is 12.0. The predicted octanol–water partition coefficient (Wildman–Crippen LogP) is 1.39. The number of hydrogen-bond donors (Lipinski definition) is 2. The normalized spacial score (nSPS) is 12.4. The average molecular weight is 248 g/mol. The fourth-order valence-electron chi connectivity index (χ4n) is 1.75. The minimum atomic E-state index is -0.269. The van der Waals surface area contributed by atoms with Crippen LogP contribution in [-0.4, -0.2) is 15.7 Å². The molecule has 96 valence electrons. The SMILES string of the molecule is Cc1ccc(C(C)NC(=O)c2c(N)cnn2C)o1. The first-order valence-corrected chi connectivity index (χ1v) is 5.63. The minimum Gasteiger partial charge on any atom is -0.464 e. The molecule has 0 saturated heterocycles. The maximum absolute atomic E-state index is 12.0. The van der Waals surface area contributed by atoms with Gasteiger partial charge in [0.05, 0.1) is 17.9 Å². The molecule has 1 unspecified atom stereocenters. The van der Waals surface area contributed by atoms with Crippen molar-refractivity contribution in [3.63, 3.8) is 0 Å². The molecular formula is C12H16N4O2. The van der Waals surface area contributed by atoms with Crippen LogP contribution in [0.5, 0.6) is 0 Å². The molecule has 6 heteroatoms. The summed E-state index contributed by atoms with van der Waals surface area (Å²) in [6.45, 7) is 3.71. The van der Waals surface area contributed by atoms with Crippen LogP contribution >= 0.6 is 0 Å². The van der Waals surface area contributed by atoms with E-state index in [0.717, 1.165) is 5.76 Å². The highest BCUT2D eigenvalue weighted by Gasteiger charge is 2.19. The molecule has 2 rings (SSSR count). The summed E-state index contributed by atoms with van der Waals surface area (Å²) in [5.41, 5.74) is 6.40. The van der Waals surface area contributed by atoms with E-state index in [1.165, 1.54) is 10.9 Å². The fraction of sp³-hybridized carbons (Fsp3) is 0.333. The predicted molar refractivity (Wildman–Crippen MR) is 66.9 cm³/mol. The van der Waals surface area contributed by atoms with Gasteiger partial charge in [-0.25, -0.2) is 0 Å². The van der Waals surface area contributed by atoms with Gasteiger partial charge in [0, 0.05) is 7.05 Å². The number of nitrogens with one attached hydrogen (secondary N) is 1. The highest BCUT2D eigenvalue weighted by molar-refractivity contribution is 5.97. The quantitative estimate of drug-likeness (QED) is 0.859. The Morgan fingerprint density at radius 1 is 1.56 bits per heavy atom. The van der Waals surface area contributed by atoms with Crippen LogP contribution in [0.1, 0.15) is 35.0 Å². The third-order valence-electron chi connectivity index (χ3n) is 2.72. The number of rotatable bonds is 3. The zero-order chi connectivity index (χ0) is 13.3. The van der Waals surface area contributed by atoms with E-state index in [2.05, 4.69) is 10.4 Å². The summed E-state index contributed by atoms with van der Waals surface area (Å²) in [5, 5.41) is 6.75. The molecule has 3 N–H and O–H groups in total. The van der Waals surface area contributed by atoms with E-state index >= 15 is 0 Å². The Balaban J connectivity index is 2.13. The van der Waals surface area contributed by atoms with Gasteiger partial charge in [0.1, 0.15) is 17.2 Å². The number of anilines is 1. The molecule has 2 heterocycles. The Bertz CT molecular complexity index is 551. The molecule has 0 aliphatic heterocycles. The topological polar surface area (TPSA) is 86.1 Å². The Hall–Kier alpha value is -2.24. The maximum atomic E-state index is 12.0. The van der Waals surface area contributed by atoms with Crippen molar-refractivity contribution in [2.45, 2.75) is 19.9 Å². The van der Waals surface area contributed by atoms with Crippen LogP contribution < -0.4 is 11.1 Å². The molecular weight excluding hydrogens is 232 g/mol. The van der Waals surface area contributed by atoms with Gasteiger partial charge in [-0.15, -0.1) is 0 Å². The van der Waals surface area contributed by atoms with Crippen molar-refractivity contribution in [2.24, 2.45) is 7.05 Å². The van der Waals surface area contributed by atoms with Crippen LogP contribution in [0.4, 0.5) is 5.69 Å². The van der Waals surface area contributed by atoms with Crippen molar-refractivity contribution in [2.75, 3.05) is 5.73 Å². The summed E-state index contributed by atoms with van der Waals surface area (Å²) in [6, 6.07) is 3.48. The Morgan fingerprint density at radius 3 is 2.78 bits per heavy atom. The lowest BCUT2D eigenvalue weighted by atomic mass is 10.2. The third-order valence-corrected chi connectivity index (χ3v) is 2.72. The van der Waals surface area contributed by atoms with Crippen molar-refractivity contribution in [3.05, 3.63) is 35.5 Å². The van der Waals surface area contributed by atoms with Gasteiger partial charge in [-0.2, -0.15) is 5.10 Å². The van der Waals surface area contributed by atoms with Crippen molar-refractivity contribution in [3.8, 4) is 0 Å². The highest BCUT2D eigenvalue weighted by Crippen LogP contribution is 2.17. The van der Waals surface area contributed by atoms with Crippen molar-refractivity contribution in [1.29, 1.82) is 0 Å². The fourth-order valence-corrected chi connectivity index (χ4v) is 1.75. The summed E-state index contributed by atoms with van der Waals surface area (Å²) in [6.07, 6.45) is 1.45. The molecule has 0 spiro atoms. The zero-order valence-corrected chi connectivity index (χ0v) is 10.6. The van der Waals surface area contributed by atoms with E-state index in [4.69, 9.17) is 10.2 Å². The van der Waals surface area contributed by atoms with Gasteiger partial charge >= 0.3 is 0 Å². The second kappa shape index (κ2) is 4.56. The number of furan rings is 1. The first-order valence-electron chi connectivity index (χ1n) is 5.63. The van der Waals surface area contributed by atoms with Crippen LogP contribution in [0.25, 0.3) is 0 Å². The van der Waals surface area contributed by atoms with Gasteiger partial charge in [-0.1, -0.05) is 0 Å². The van der Waals surface area contributed by atoms with Gasteiger partial charge in [-0.3, -0.25) is 9.48 Å². The number of hydrogen-bond acceptors (Lipinski definition) is 4. The van der Waals surface area contributed by atoms with Crippen LogP contribution in [0.2, 0.25) is 0 Å². The summed E-state index contributed by atoms with van der Waals surface area (Å²) < 4.78 is 6.90. The number of nitrogens with two attached hydrogens (primary N) is 1. The smallest absolute Gasteiger partial charge is 0.272 e. The summed E-state index contributed by atoms with van der Waals surface area (Å²) in [5.74, 6) is 1.25. The molecule has 6 nitrogen and oxygen atoms in total. The van der Waals surface area contributed by atoms with Crippen LogP contribution in [0.3, 0.4) is 0 Å². The number of nitrogens with zero attached hydrogens (tertiary/aromatic N) is 2. The Kier molecular flexibility index (Phi) is 3.10. The van der Waals surface area contributed by atoms with Crippen LogP contribution in [0, 0.1) is 6.92 Å². The van der Waals surface area contributed by atoms with Crippen molar-refractivity contribution < 1.29 is 9.21 Å². The molecule has 0 radical (unpaired) electrons. The van der Waals surface area contributed by atoms with E-state index < -0.39 is 0 Å². The lowest BCUT2D eigenvalue weighted by molar-refractivity contribution is 0.0926. The van der Waals surface area contributed by atoms with E-state index in [9.17, 15) is 4.79 Å². The Morgan fingerprint density at radius 2 is 2.28 bits per heavy atom. The average Bonchev–Trinajstić information content (AvgIpc) is 2.85. The minimum absolute atomic E-state index is 0.222. The lowest BCUT2D eigenvalue weighted by Gasteiger charge is -2.12. The second-order valence-corrected chi connectivity index (χ2v) is 4.22. The molecule has 0 aliphatic carbocycles. The van der Waals surface area contributed by atoms with Crippen LogP contribution in [0.15, 0.2) is 22.7 Å². The molecule has 0 saturated carbocycles. The molecule has 0 aromatic carbocycles. The zero-order valence-electron chi connectivity index (χ0n) is 10.6. The number of amides is 1.